The van der Waals surface area contributed by atoms with E-state index in [4.69, 9.17) is 33.7 Å². The van der Waals surface area contributed by atoms with Gasteiger partial charge in [-0.05, 0) is 24.3 Å². The molecule has 0 aliphatic rings. The van der Waals surface area contributed by atoms with E-state index < -0.39 is 39.5 Å². The van der Waals surface area contributed by atoms with Gasteiger partial charge < -0.3 is 29.2 Å². The molecular formula is C23H30N5O9PS. The molecule has 0 amide bonds. The second-order valence-corrected chi connectivity index (χ2v) is 10.7. The molecular weight excluding hydrogens is 553 g/mol. The Bertz CT molecular complexity index is 1280. The minimum absolute atomic E-state index is 0.0660. The average Bonchev–Trinajstić information content (AvgIpc) is 3.34. The van der Waals surface area contributed by atoms with Gasteiger partial charge in [0.1, 0.15) is 22.6 Å². The number of carbonyl (C=O) groups is 2. The van der Waals surface area contributed by atoms with Crippen molar-refractivity contribution in [2.75, 3.05) is 39.4 Å². The highest BCUT2D eigenvalue weighted by Crippen LogP contribution is 2.48. The van der Waals surface area contributed by atoms with Gasteiger partial charge in [0.2, 0.25) is 19.5 Å². The molecule has 39 heavy (non-hydrogen) atoms. The smallest absolute Gasteiger partial charge is 0.361 e. The molecule has 0 aliphatic heterocycles. The van der Waals surface area contributed by atoms with Gasteiger partial charge in [-0.25, -0.2) is 9.97 Å². The molecule has 3 aromatic rings. The highest BCUT2D eigenvalue weighted by atomic mass is 32.2. The van der Waals surface area contributed by atoms with Crippen molar-refractivity contribution in [1.82, 2.24) is 19.5 Å². The van der Waals surface area contributed by atoms with Crippen LogP contribution in [0.15, 0.2) is 40.5 Å². The van der Waals surface area contributed by atoms with Crippen LogP contribution in [-0.2, 0) is 44.0 Å². The van der Waals surface area contributed by atoms with Crippen molar-refractivity contribution in [3.05, 3.63) is 30.6 Å². The second kappa shape index (κ2) is 14.8. The normalized spacial score (nSPS) is 11.5. The zero-order chi connectivity index (χ0) is 28.3. The first-order valence-corrected chi connectivity index (χ1v) is 14.4. The lowest BCUT2D eigenvalue weighted by molar-refractivity contribution is -0.152. The van der Waals surface area contributed by atoms with E-state index in [2.05, 4.69) is 15.0 Å². The molecule has 2 aromatic heterocycles. The number of hydrogen-bond acceptors (Lipinski definition) is 14. The molecule has 0 spiro atoms. The number of ether oxygens (including phenoxy) is 4. The van der Waals surface area contributed by atoms with Crippen LogP contribution in [0.4, 0.5) is 5.95 Å². The molecule has 0 radical (unpaired) electrons. The summed E-state index contributed by atoms with van der Waals surface area (Å²) in [6.45, 7) is 2.33. The number of carbonyl (C=O) groups excluding carboxylic acids is 2. The lowest BCUT2D eigenvalue weighted by atomic mass is 10.3. The number of rotatable bonds is 16. The summed E-state index contributed by atoms with van der Waals surface area (Å²) >= 11 is 1.38. The summed E-state index contributed by atoms with van der Waals surface area (Å²) < 4.78 is 45.3. The van der Waals surface area contributed by atoms with Crippen molar-refractivity contribution in [3.8, 4) is 5.75 Å². The fourth-order valence-corrected chi connectivity index (χ4v) is 4.80. The van der Waals surface area contributed by atoms with Crippen LogP contribution in [0, 0.1) is 0 Å². The van der Waals surface area contributed by atoms with Gasteiger partial charge in [0, 0.05) is 24.3 Å². The molecule has 2 N–H and O–H groups in total. The molecule has 0 atom stereocenters. The van der Waals surface area contributed by atoms with Gasteiger partial charge in [-0.1, -0.05) is 25.6 Å². The van der Waals surface area contributed by atoms with Crippen LogP contribution >= 0.6 is 19.4 Å². The first-order valence-electron chi connectivity index (χ1n) is 11.8. The third kappa shape index (κ3) is 9.18. The average molecular weight is 584 g/mol. The molecule has 0 bridgehead atoms. The third-order valence-corrected chi connectivity index (χ3v) is 7.45. The van der Waals surface area contributed by atoms with Crippen molar-refractivity contribution in [1.29, 1.82) is 0 Å². The number of nitrogens with two attached hydrogens (primary N) is 1. The van der Waals surface area contributed by atoms with E-state index in [1.165, 1.54) is 11.8 Å². The summed E-state index contributed by atoms with van der Waals surface area (Å²) in [5.74, 6) is -0.272. The largest absolute Gasteiger partial charge is 0.497 e. The number of hydrogen-bond donors (Lipinski definition) is 1. The van der Waals surface area contributed by atoms with Gasteiger partial charge in [0.05, 0.1) is 20.0 Å². The van der Waals surface area contributed by atoms with Gasteiger partial charge in [-0.15, -0.1) is 0 Å². The van der Waals surface area contributed by atoms with Gasteiger partial charge in [0.15, 0.2) is 5.65 Å². The van der Waals surface area contributed by atoms with Crippen molar-refractivity contribution in [3.63, 3.8) is 0 Å². The van der Waals surface area contributed by atoms with E-state index in [0.29, 0.717) is 16.2 Å². The Morgan fingerprint density at radius 2 is 1.67 bits per heavy atom. The third-order valence-electron chi connectivity index (χ3n) is 4.97. The fraction of sp³-hybridized carbons (Fsp3) is 0.435. The first kappa shape index (κ1) is 30.3. The fourth-order valence-electron chi connectivity index (χ4n) is 2.92. The minimum atomic E-state index is -3.93. The molecule has 2 heterocycles. The summed E-state index contributed by atoms with van der Waals surface area (Å²) in [6.07, 6.45) is 1.32. The summed E-state index contributed by atoms with van der Waals surface area (Å²) in [4.78, 5) is 36.7. The van der Waals surface area contributed by atoms with Crippen molar-refractivity contribution < 1.29 is 42.1 Å². The molecule has 3 rings (SSSR count). The molecule has 1 aromatic carbocycles. The summed E-state index contributed by atoms with van der Waals surface area (Å²) in [5.41, 5.74) is 7.00. The molecule has 0 fully saturated rings. The number of aromatic nitrogens is 4. The van der Waals surface area contributed by atoms with E-state index >= 15 is 0 Å². The number of benzene rings is 1. The summed E-state index contributed by atoms with van der Waals surface area (Å²) in [5, 5.41) is 0.580. The predicted octanol–water partition coefficient (Wildman–Crippen LogP) is 3.59. The second-order valence-electron chi connectivity index (χ2n) is 7.66. The highest BCUT2D eigenvalue weighted by Gasteiger charge is 2.27. The lowest BCUT2D eigenvalue weighted by Gasteiger charge is -2.18. The maximum atomic E-state index is 13.0. The summed E-state index contributed by atoms with van der Waals surface area (Å²) in [6, 6.07) is 7.47. The predicted molar refractivity (Wildman–Crippen MR) is 140 cm³/mol. The van der Waals surface area contributed by atoms with Crippen molar-refractivity contribution in [2.24, 2.45) is 0 Å². The minimum Gasteiger partial charge on any atom is -0.497 e. The van der Waals surface area contributed by atoms with Crippen molar-refractivity contribution >= 4 is 48.4 Å². The molecule has 0 unspecified atom stereocenters. The number of anilines is 1. The Labute approximate surface area is 229 Å². The quantitative estimate of drug-likeness (QED) is 0.0850. The van der Waals surface area contributed by atoms with Crippen molar-refractivity contribution in [2.45, 2.75) is 43.2 Å². The number of imidazole rings is 1. The van der Waals surface area contributed by atoms with E-state index in [1.807, 2.05) is 24.3 Å². The number of nitrogens with zero attached hydrogens (tertiary/aromatic N) is 4. The van der Waals surface area contributed by atoms with E-state index in [1.54, 1.807) is 31.9 Å². The van der Waals surface area contributed by atoms with Crippen LogP contribution < -0.4 is 10.5 Å². The van der Waals surface area contributed by atoms with Gasteiger partial charge in [-0.3, -0.25) is 23.2 Å². The Kier molecular flexibility index (Phi) is 11.5. The van der Waals surface area contributed by atoms with E-state index in [-0.39, 0.29) is 31.9 Å². The number of fused-ring (bicyclic) bond motifs is 1. The monoisotopic (exact) mass is 583 g/mol. The first-order chi connectivity index (χ1) is 18.8. The molecule has 0 aliphatic carbocycles. The highest BCUT2D eigenvalue weighted by molar-refractivity contribution is 7.99. The van der Waals surface area contributed by atoms with Crippen LogP contribution in [0.3, 0.4) is 0 Å². The summed E-state index contributed by atoms with van der Waals surface area (Å²) in [7, 11) is -2.33. The molecule has 14 nitrogen and oxygen atoms in total. The van der Waals surface area contributed by atoms with Crippen LogP contribution in [0.1, 0.15) is 26.7 Å². The van der Waals surface area contributed by atoms with Gasteiger partial charge >= 0.3 is 19.5 Å². The van der Waals surface area contributed by atoms with Crippen LogP contribution in [0.5, 0.6) is 5.75 Å². The standard InChI is InChI=1S/C23H30N5O9PS/c1-4-18(29)34-13-36-38(31,37-14-35-19(30)5-2)15-33-11-10-28-12-25-20-21(28)26-23(24)27-22(20)39-17-8-6-16(32-3)7-9-17/h6-9,12H,4-5,10-11,13-15H2,1-3H3,(H2,24,26,27). The van der Waals surface area contributed by atoms with Crippen LogP contribution in [0.25, 0.3) is 11.2 Å². The SMILES string of the molecule is CCC(=O)OCOP(=O)(COCCn1cnc2c(Sc3ccc(OC)cc3)nc(N)nc21)OCOC(=O)CC. The Morgan fingerprint density at radius 1 is 1.03 bits per heavy atom. The van der Waals surface area contributed by atoms with Crippen LogP contribution in [0.2, 0.25) is 0 Å². The van der Waals surface area contributed by atoms with Crippen LogP contribution in [-0.4, -0.2) is 65.1 Å². The van der Waals surface area contributed by atoms with Gasteiger partial charge in [0.25, 0.3) is 0 Å². The maximum Gasteiger partial charge on any atom is 0.361 e. The van der Waals surface area contributed by atoms with E-state index in [0.717, 1.165) is 10.6 Å². The zero-order valence-corrected chi connectivity index (χ0v) is 23.4. The molecule has 0 saturated carbocycles. The number of nitrogen functional groups attached to an aromatic ring is 1. The Morgan fingerprint density at radius 3 is 2.26 bits per heavy atom. The van der Waals surface area contributed by atoms with Gasteiger partial charge in [-0.2, -0.15) is 4.98 Å². The molecule has 16 heteroatoms. The molecule has 212 valence electrons. The topological polar surface area (TPSA) is 176 Å². The number of esters is 2. The lowest BCUT2D eigenvalue weighted by Crippen LogP contribution is -2.14. The zero-order valence-electron chi connectivity index (χ0n) is 21.7. The Hall–Kier alpha value is -3.23. The maximum absolute atomic E-state index is 13.0. The Balaban J connectivity index is 1.62. The van der Waals surface area contributed by atoms with E-state index in [9.17, 15) is 14.2 Å². The number of methoxy groups -OCH3 is 1. The molecule has 0 saturated heterocycles.